The highest BCUT2D eigenvalue weighted by Crippen LogP contribution is 2.15. The van der Waals surface area contributed by atoms with E-state index in [0.29, 0.717) is 6.54 Å². The van der Waals surface area contributed by atoms with Crippen molar-refractivity contribution in [3.8, 4) is 0 Å². The minimum absolute atomic E-state index is 0.00157. The monoisotopic (exact) mass is 256 g/mol. The number of carboxylic acid groups (broad SMARTS) is 1. The van der Waals surface area contributed by atoms with E-state index in [1.807, 2.05) is 0 Å². The van der Waals surface area contributed by atoms with Crippen LogP contribution in [0, 0.1) is 0 Å². The van der Waals surface area contributed by atoms with Crippen molar-refractivity contribution in [3.63, 3.8) is 0 Å². The molecule has 0 fully saturated rings. The molecule has 0 amide bonds. The Labute approximate surface area is 102 Å². The van der Waals surface area contributed by atoms with Gasteiger partial charge in [0.1, 0.15) is 17.4 Å². The van der Waals surface area contributed by atoms with Crippen LogP contribution in [0.2, 0.25) is 0 Å². The molecule has 0 aromatic heterocycles. The lowest BCUT2D eigenvalue weighted by Crippen LogP contribution is -2.42. The van der Waals surface area contributed by atoms with E-state index in [-0.39, 0.29) is 17.1 Å². The first-order chi connectivity index (χ1) is 8.02. The summed E-state index contributed by atoms with van der Waals surface area (Å²) in [5.41, 5.74) is -1.27. The van der Waals surface area contributed by atoms with Crippen LogP contribution in [0.5, 0.6) is 0 Å². The highest BCUT2D eigenvalue weighted by Gasteiger charge is 2.25. The molecule has 6 nitrogen and oxygen atoms in total. The van der Waals surface area contributed by atoms with Gasteiger partial charge in [-0.2, -0.15) is 12.6 Å². The second kappa shape index (κ2) is 5.53. The van der Waals surface area contributed by atoms with E-state index < -0.39 is 22.9 Å². The predicted octanol–water partition coefficient (Wildman–Crippen LogP) is -0.325. The molecule has 0 aliphatic rings. The van der Waals surface area contributed by atoms with E-state index in [2.05, 4.69) is 29.8 Å². The first-order valence-electron chi connectivity index (χ1n) is 4.81. The first kappa shape index (κ1) is 13.3. The van der Waals surface area contributed by atoms with Gasteiger partial charge in [-0.3, -0.25) is 9.59 Å². The van der Waals surface area contributed by atoms with Crippen molar-refractivity contribution in [2.45, 2.75) is 6.04 Å². The summed E-state index contributed by atoms with van der Waals surface area (Å²) in [6.07, 6.45) is 1.52. The molecule has 0 aliphatic carbocycles. The van der Waals surface area contributed by atoms with E-state index in [1.165, 1.54) is 6.08 Å². The van der Waals surface area contributed by atoms with E-state index in [0.717, 1.165) is 0 Å². The van der Waals surface area contributed by atoms with Crippen molar-refractivity contribution in [2.75, 3.05) is 22.9 Å². The summed E-state index contributed by atoms with van der Waals surface area (Å²) < 4.78 is 0. The zero-order valence-electron chi connectivity index (χ0n) is 8.90. The summed E-state index contributed by atoms with van der Waals surface area (Å²) >= 11 is 3.85. The van der Waals surface area contributed by atoms with Crippen LogP contribution in [0.15, 0.2) is 22.2 Å². The smallest absolute Gasteiger partial charge is 0.326 e. The molecule has 0 bridgehead atoms. The minimum Gasteiger partial charge on any atom is -0.480 e. The summed E-state index contributed by atoms with van der Waals surface area (Å²) in [4.78, 5) is 33.2. The van der Waals surface area contributed by atoms with Crippen molar-refractivity contribution in [3.05, 3.63) is 33.1 Å². The molecule has 0 unspecified atom stereocenters. The van der Waals surface area contributed by atoms with E-state index >= 15 is 0 Å². The van der Waals surface area contributed by atoms with Crippen LogP contribution in [0.25, 0.3) is 0 Å². The molecule has 1 aromatic rings. The van der Waals surface area contributed by atoms with Gasteiger partial charge in [0.25, 0.3) is 10.9 Å². The van der Waals surface area contributed by atoms with Crippen LogP contribution in [0.4, 0.5) is 11.4 Å². The Bertz CT molecular complexity index is 504. The number of carbonyl (C=O) groups is 1. The van der Waals surface area contributed by atoms with Gasteiger partial charge in [0.15, 0.2) is 0 Å². The van der Waals surface area contributed by atoms with Crippen LogP contribution in [0.1, 0.15) is 0 Å². The fraction of sp³-hybridized carbons (Fsp3) is 0.300. The zero-order chi connectivity index (χ0) is 13.0. The molecular weight excluding hydrogens is 244 g/mol. The molecule has 0 spiro atoms. The third-order valence-electron chi connectivity index (χ3n) is 2.13. The average molecular weight is 256 g/mol. The van der Waals surface area contributed by atoms with Crippen LogP contribution in [-0.4, -0.2) is 29.4 Å². The number of nitrogens with one attached hydrogen (secondary N) is 2. The highest BCUT2D eigenvalue weighted by molar-refractivity contribution is 7.80. The summed E-state index contributed by atoms with van der Waals surface area (Å²) in [6.45, 7) is 3.78. The maximum Gasteiger partial charge on any atom is 0.326 e. The molecule has 0 aliphatic heterocycles. The fourth-order valence-electron chi connectivity index (χ4n) is 1.23. The SMILES string of the molecule is C=CCNc1c(N[C@@H](CS)C(=O)O)c(=O)c1=O. The van der Waals surface area contributed by atoms with Gasteiger partial charge in [0, 0.05) is 12.3 Å². The number of aliphatic carboxylic acids is 1. The van der Waals surface area contributed by atoms with Crippen LogP contribution in [-0.2, 0) is 4.79 Å². The quantitative estimate of drug-likeness (QED) is 0.303. The lowest BCUT2D eigenvalue weighted by Gasteiger charge is -2.17. The molecule has 7 heteroatoms. The number of rotatable bonds is 7. The Morgan fingerprint density at radius 3 is 2.47 bits per heavy atom. The van der Waals surface area contributed by atoms with Gasteiger partial charge in [0.2, 0.25) is 0 Å². The first-order valence-corrected chi connectivity index (χ1v) is 5.44. The lowest BCUT2D eigenvalue weighted by atomic mass is 10.1. The number of hydrogen-bond acceptors (Lipinski definition) is 6. The van der Waals surface area contributed by atoms with Crippen molar-refractivity contribution in [2.24, 2.45) is 0 Å². The third kappa shape index (κ3) is 2.68. The van der Waals surface area contributed by atoms with Crippen LogP contribution in [0.3, 0.4) is 0 Å². The molecular formula is C10H12N2O4S. The number of thiol groups is 1. The summed E-state index contributed by atoms with van der Waals surface area (Å²) in [5, 5.41) is 13.9. The maximum absolute atomic E-state index is 11.3. The molecule has 1 rings (SSSR count). The highest BCUT2D eigenvalue weighted by atomic mass is 32.1. The molecule has 0 saturated carbocycles. The van der Waals surface area contributed by atoms with Gasteiger partial charge in [-0.1, -0.05) is 6.08 Å². The molecule has 0 radical (unpaired) electrons. The molecule has 1 atom stereocenters. The molecule has 0 saturated heterocycles. The Morgan fingerprint density at radius 1 is 1.41 bits per heavy atom. The van der Waals surface area contributed by atoms with Gasteiger partial charge in [0.05, 0.1) is 0 Å². The van der Waals surface area contributed by atoms with Gasteiger partial charge in [-0.25, -0.2) is 4.79 Å². The number of hydrogen-bond donors (Lipinski definition) is 4. The van der Waals surface area contributed by atoms with E-state index in [1.54, 1.807) is 0 Å². The fourth-order valence-corrected chi connectivity index (χ4v) is 1.48. The normalized spacial score (nSPS) is 12.1. The summed E-state index contributed by atoms with van der Waals surface area (Å²) in [5.74, 6) is -1.13. The molecule has 1 aromatic carbocycles. The molecule has 92 valence electrons. The van der Waals surface area contributed by atoms with E-state index in [4.69, 9.17) is 5.11 Å². The summed E-state index contributed by atoms with van der Waals surface area (Å²) in [6, 6.07) is -1.01. The number of carboxylic acids is 1. The largest absolute Gasteiger partial charge is 0.480 e. The average Bonchev–Trinajstić information content (AvgIpc) is 2.31. The van der Waals surface area contributed by atoms with Crippen molar-refractivity contribution in [1.29, 1.82) is 0 Å². The van der Waals surface area contributed by atoms with Crippen molar-refractivity contribution >= 4 is 30.0 Å². The van der Waals surface area contributed by atoms with Crippen molar-refractivity contribution < 1.29 is 9.90 Å². The Hall–Kier alpha value is -1.76. The third-order valence-corrected chi connectivity index (χ3v) is 2.50. The molecule has 17 heavy (non-hydrogen) atoms. The lowest BCUT2D eigenvalue weighted by molar-refractivity contribution is -0.137. The standard InChI is InChI=1S/C10H12N2O4S/c1-2-3-11-6-7(9(14)8(6)13)12-5(4-17)10(15)16/h2,5,11-12,17H,1,3-4H2,(H,15,16)/t5-/m0/s1. The van der Waals surface area contributed by atoms with Crippen LogP contribution < -0.4 is 21.5 Å². The van der Waals surface area contributed by atoms with Gasteiger partial charge < -0.3 is 15.7 Å². The molecule has 3 N–H and O–H groups in total. The van der Waals surface area contributed by atoms with Gasteiger partial charge in [-0.15, -0.1) is 6.58 Å². The maximum atomic E-state index is 11.3. The Kier molecular flexibility index (Phi) is 4.33. The molecule has 0 heterocycles. The van der Waals surface area contributed by atoms with Gasteiger partial charge in [-0.05, 0) is 0 Å². The second-order valence-corrected chi connectivity index (χ2v) is 3.66. The topological polar surface area (TPSA) is 95.5 Å². The van der Waals surface area contributed by atoms with Gasteiger partial charge >= 0.3 is 5.97 Å². The number of anilines is 2. The zero-order valence-corrected chi connectivity index (χ0v) is 9.79. The summed E-state index contributed by atoms with van der Waals surface area (Å²) in [7, 11) is 0. The Morgan fingerprint density at radius 2 is 2.00 bits per heavy atom. The Balaban J connectivity index is 2.87. The second-order valence-electron chi connectivity index (χ2n) is 3.30. The van der Waals surface area contributed by atoms with Crippen LogP contribution >= 0.6 is 12.6 Å². The predicted molar refractivity (Wildman–Crippen MR) is 68.9 cm³/mol. The minimum atomic E-state index is -1.14. The van der Waals surface area contributed by atoms with Crippen molar-refractivity contribution in [1.82, 2.24) is 0 Å². The van der Waals surface area contributed by atoms with E-state index in [9.17, 15) is 14.4 Å².